The Kier molecular flexibility index (Phi) is 4.38. The molecule has 0 saturated heterocycles. The van der Waals surface area contributed by atoms with Gasteiger partial charge in [0.1, 0.15) is 5.82 Å². The Balaban J connectivity index is 2.16. The molecule has 0 aliphatic carbocycles. The number of hydrogen-bond donors (Lipinski definition) is 1. The van der Waals surface area contributed by atoms with Gasteiger partial charge in [-0.15, -0.1) is 11.8 Å². The Hall–Kier alpha value is -0.900. The third kappa shape index (κ3) is 3.10. The van der Waals surface area contributed by atoms with E-state index in [4.69, 9.17) is 28.9 Å². The highest BCUT2D eigenvalue weighted by Gasteiger charge is 2.08. The third-order valence-electron chi connectivity index (χ3n) is 2.38. The molecule has 94 valence electrons. The Labute approximate surface area is 119 Å². The molecule has 0 aliphatic heterocycles. The molecular formula is C13H10Cl2FNS. The zero-order chi connectivity index (χ0) is 13.1. The smallest absolute Gasteiger partial charge is 0.150 e. The van der Waals surface area contributed by atoms with Crippen LogP contribution in [0.15, 0.2) is 41.3 Å². The van der Waals surface area contributed by atoms with Gasteiger partial charge in [-0.3, -0.25) is 0 Å². The third-order valence-corrected chi connectivity index (χ3v) is 4.17. The van der Waals surface area contributed by atoms with Crippen LogP contribution in [0.5, 0.6) is 0 Å². The lowest BCUT2D eigenvalue weighted by Gasteiger charge is -2.07. The highest BCUT2D eigenvalue weighted by molar-refractivity contribution is 7.98. The lowest BCUT2D eigenvalue weighted by molar-refractivity contribution is 0.622. The molecule has 0 aromatic heterocycles. The maximum atomic E-state index is 13.7. The lowest BCUT2D eigenvalue weighted by Crippen LogP contribution is -1.95. The van der Waals surface area contributed by atoms with Gasteiger partial charge in [-0.2, -0.15) is 0 Å². The van der Waals surface area contributed by atoms with E-state index in [9.17, 15) is 4.39 Å². The molecule has 0 fully saturated rings. The SMILES string of the molecule is Nc1cccc(CSc2cc(Cl)ccc2Cl)c1F. The molecule has 0 spiro atoms. The molecule has 0 atom stereocenters. The number of thioether (sulfide) groups is 1. The summed E-state index contributed by atoms with van der Waals surface area (Å²) in [5.74, 6) is 0.0832. The van der Waals surface area contributed by atoms with Crippen molar-refractivity contribution in [1.29, 1.82) is 0 Å². The second-order valence-corrected chi connectivity index (χ2v) is 5.54. The van der Waals surface area contributed by atoms with Gasteiger partial charge in [-0.1, -0.05) is 35.3 Å². The van der Waals surface area contributed by atoms with Crippen LogP contribution in [0.25, 0.3) is 0 Å². The van der Waals surface area contributed by atoms with E-state index in [1.807, 2.05) is 0 Å². The Morgan fingerprint density at radius 1 is 1.17 bits per heavy atom. The molecule has 2 aromatic rings. The second kappa shape index (κ2) is 5.83. The van der Waals surface area contributed by atoms with Gasteiger partial charge in [0.05, 0.1) is 10.7 Å². The van der Waals surface area contributed by atoms with E-state index < -0.39 is 0 Å². The summed E-state index contributed by atoms with van der Waals surface area (Å²) in [6.07, 6.45) is 0. The van der Waals surface area contributed by atoms with Gasteiger partial charge in [0, 0.05) is 21.2 Å². The quantitative estimate of drug-likeness (QED) is 0.637. The number of anilines is 1. The van der Waals surface area contributed by atoms with E-state index >= 15 is 0 Å². The fraction of sp³-hybridized carbons (Fsp3) is 0.0769. The zero-order valence-electron chi connectivity index (χ0n) is 9.29. The molecule has 2 aromatic carbocycles. The summed E-state index contributed by atoms with van der Waals surface area (Å²) in [5, 5.41) is 1.21. The molecule has 1 nitrogen and oxygen atoms in total. The van der Waals surface area contributed by atoms with E-state index in [0.717, 1.165) is 4.90 Å². The summed E-state index contributed by atoms with van der Waals surface area (Å²) >= 11 is 13.3. The number of rotatable bonds is 3. The molecule has 18 heavy (non-hydrogen) atoms. The number of halogens is 3. The van der Waals surface area contributed by atoms with Crippen LogP contribution in [-0.2, 0) is 5.75 Å². The standard InChI is InChI=1S/C13H10Cl2FNS/c14-9-4-5-10(15)12(6-9)18-7-8-2-1-3-11(17)13(8)16/h1-6H,7,17H2. The average molecular weight is 302 g/mol. The van der Waals surface area contributed by atoms with E-state index in [1.165, 1.54) is 17.8 Å². The fourth-order valence-corrected chi connectivity index (χ4v) is 2.92. The maximum Gasteiger partial charge on any atom is 0.150 e. The molecule has 5 heteroatoms. The van der Waals surface area contributed by atoms with Crippen molar-refractivity contribution in [3.8, 4) is 0 Å². The van der Waals surface area contributed by atoms with Crippen molar-refractivity contribution < 1.29 is 4.39 Å². The lowest BCUT2D eigenvalue weighted by atomic mass is 10.2. The Morgan fingerprint density at radius 3 is 2.72 bits per heavy atom. The molecule has 2 rings (SSSR count). The topological polar surface area (TPSA) is 26.0 Å². The highest BCUT2D eigenvalue weighted by Crippen LogP contribution is 2.33. The van der Waals surface area contributed by atoms with Crippen LogP contribution >= 0.6 is 35.0 Å². The molecule has 0 bridgehead atoms. The first-order valence-corrected chi connectivity index (χ1v) is 6.93. The summed E-state index contributed by atoms with van der Waals surface area (Å²) in [6, 6.07) is 10.2. The molecule has 0 saturated carbocycles. The summed E-state index contributed by atoms with van der Waals surface area (Å²) in [5.41, 5.74) is 6.22. The minimum Gasteiger partial charge on any atom is -0.396 e. The van der Waals surface area contributed by atoms with Gasteiger partial charge in [-0.05, 0) is 24.3 Å². The van der Waals surface area contributed by atoms with Gasteiger partial charge in [0.15, 0.2) is 0 Å². The van der Waals surface area contributed by atoms with Crippen LogP contribution in [0.4, 0.5) is 10.1 Å². The predicted octanol–water partition coefficient (Wildman–Crippen LogP) is 5.01. The largest absolute Gasteiger partial charge is 0.396 e. The normalized spacial score (nSPS) is 10.6. The van der Waals surface area contributed by atoms with Crippen LogP contribution in [0.3, 0.4) is 0 Å². The van der Waals surface area contributed by atoms with Gasteiger partial charge in [0.25, 0.3) is 0 Å². The molecule has 0 unspecified atom stereocenters. The van der Waals surface area contributed by atoms with Crippen molar-refractivity contribution in [2.24, 2.45) is 0 Å². The van der Waals surface area contributed by atoms with Gasteiger partial charge < -0.3 is 5.73 Å². The van der Waals surface area contributed by atoms with Gasteiger partial charge >= 0.3 is 0 Å². The number of nitrogens with two attached hydrogens (primary N) is 1. The Morgan fingerprint density at radius 2 is 1.94 bits per heavy atom. The van der Waals surface area contributed by atoms with Gasteiger partial charge in [-0.25, -0.2) is 4.39 Å². The van der Waals surface area contributed by atoms with E-state index in [-0.39, 0.29) is 11.5 Å². The summed E-state index contributed by atoms with van der Waals surface area (Å²) in [6.45, 7) is 0. The van der Waals surface area contributed by atoms with Crippen molar-refractivity contribution in [2.45, 2.75) is 10.6 Å². The molecular weight excluding hydrogens is 292 g/mol. The summed E-state index contributed by atoms with van der Waals surface area (Å²) < 4.78 is 13.7. The van der Waals surface area contributed by atoms with Gasteiger partial charge in [0.2, 0.25) is 0 Å². The van der Waals surface area contributed by atoms with Crippen molar-refractivity contribution in [1.82, 2.24) is 0 Å². The fourth-order valence-electron chi connectivity index (χ4n) is 1.45. The first-order chi connectivity index (χ1) is 8.58. The average Bonchev–Trinajstić information content (AvgIpc) is 2.35. The number of hydrogen-bond acceptors (Lipinski definition) is 2. The van der Waals surface area contributed by atoms with E-state index in [2.05, 4.69) is 0 Å². The molecule has 0 amide bonds. The first kappa shape index (κ1) is 13.5. The van der Waals surface area contributed by atoms with Crippen LogP contribution in [0.1, 0.15) is 5.56 Å². The summed E-state index contributed by atoms with van der Waals surface area (Å²) in [4.78, 5) is 0.825. The van der Waals surface area contributed by atoms with Crippen LogP contribution in [-0.4, -0.2) is 0 Å². The highest BCUT2D eigenvalue weighted by atomic mass is 35.5. The van der Waals surface area contributed by atoms with Crippen molar-refractivity contribution in [3.05, 3.63) is 57.8 Å². The van der Waals surface area contributed by atoms with Crippen molar-refractivity contribution >= 4 is 40.7 Å². The van der Waals surface area contributed by atoms with Crippen LogP contribution < -0.4 is 5.73 Å². The van der Waals surface area contributed by atoms with Crippen molar-refractivity contribution in [3.63, 3.8) is 0 Å². The molecule has 0 aliphatic rings. The van der Waals surface area contributed by atoms with Crippen molar-refractivity contribution in [2.75, 3.05) is 5.73 Å². The first-order valence-electron chi connectivity index (χ1n) is 5.18. The van der Waals surface area contributed by atoms with Crippen LogP contribution in [0, 0.1) is 5.82 Å². The number of benzene rings is 2. The number of nitrogen functional groups attached to an aromatic ring is 1. The van der Waals surface area contributed by atoms with Crippen LogP contribution in [0.2, 0.25) is 10.0 Å². The minimum absolute atomic E-state index is 0.158. The Bertz CT molecular complexity index is 573. The summed E-state index contributed by atoms with van der Waals surface area (Å²) in [7, 11) is 0. The van der Waals surface area contributed by atoms with E-state index in [1.54, 1.807) is 30.3 Å². The molecule has 0 heterocycles. The van der Waals surface area contributed by atoms with E-state index in [0.29, 0.717) is 21.4 Å². The molecule has 0 radical (unpaired) electrons. The second-order valence-electron chi connectivity index (χ2n) is 3.68. The monoisotopic (exact) mass is 301 g/mol. The zero-order valence-corrected chi connectivity index (χ0v) is 11.6. The minimum atomic E-state index is -0.372. The molecule has 2 N–H and O–H groups in total. The maximum absolute atomic E-state index is 13.7. The predicted molar refractivity (Wildman–Crippen MR) is 76.8 cm³/mol.